The third-order valence-electron chi connectivity index (χ3n) is 4.02. The van der Waals surface area contributed by atoms with Crippen LogP contribution in [-0.2, 0) is 9.59 Å². The van der Waals surface area contributed by atoms with Gasteiger partial charge in [0, 0.05) is 29.7 Å². The van der Waals surface area contributed by atoms with E-state index in [0.29, 0.717) is 23.6 Å². The number of hydrogen-bond donors (Lipinski definition) is 1. The van der Waals surface area contributed by atoms with Crippen LogP contribution in [0.5, 0.6) is 0 Å². The third kappa shape index (κ3) is 2.90. The second-order valence-electron chi connectivity index (χ2n) is 5.32. The molecule has 0 saturated carbocycles. The minimum absolute atomic E-state index is 0.00110. The highest BCUT2D eigenvalue weighted by molar-refractivity contribution is 7.99. The van der Waals surface area contributed by atoms with Gasteiger partial charge in [-0.25, -0.2) is 4.39 Å². The maximum Gasteiger partial charge on any atom is 0.242 e. The molecule has 2 saturated heterocycles. The summed E-state index contributed by atoms with van der Waals surface area (Å²) in [4.78, 5) is 26.4. The number of rotatable bonds is 4. The van der Waals surface area contributed by atoms with Crippen LogP contribution >= 0.6 is 11.8 Å². The highest BCUT2D eigenvalue weighted by Gasteiger charge is 2.43. The van der Waals surface area contributed by atoms with Crippen LogP contribution in [0.2, 0.25) is 0 Å². The van der Waals surface area contributed by atoms with Crippen molar-refractivity contribution in [2.75, 3.05) is 12.3 Å². The highest BCUT2D eigenvalue weighted by Crippen LogP contribution is 2.29. The first-order valence-corrected chi connectivity index (χ1v) is 8.11. The molecule has 2 bridgehead atoms. The fraction of sp³-hybridized carbons (Fsp3) is 0.467. The smallest absolute Gasteiger partial charge is 0.242 e. The lowest BCUT2D eigenvalue weighted by atomic mass is 10.2. The van der Waals surface area contributed by atoms with Crippen molar-refractivity contribution in [2.45, 2.75) is 36.2 Å². The fourth-order valence-electron chi connectivity index (χ4n) is 2.99. The summed E-state index contributed by atoms with van der Waals surface area (Å²) in [7, 11) is 0. The number of nitrogens with one attached hydrogen (secondary N) is 1. The molecule has 2 heterocycles. The number of carbonyl (C=O) groups is 2. The van der Waals surface area contributed by atoms with Crippen LogP contribution < -0.4 is 5.32 Å². The van der Waals surface area contributed by atoms with Crippen LogP contribution in [0.25, 0.3) is 0 Å². The van der Waals surface area contributed by atoms with Crippen LogP contribution in [-0.4, -0.2) is 41.1 Å². The lowest BCUT2D eigenvalue weighted by Gasteiger charge is -2.34. The number of fused-ring (bicyclic) bond motifs is 2. The highest BCUT2D eigenvalue weighted by atomic mass is 32.2. The van der Waals surface area contributed by atoms with Crippen LogP contribution in [0, 0.1) is 5.82 Å². The van der Waals surface area contributed by atoms with Crippen LogP contribution in [0.3, 0.4) is 0 Å². The van der Waals surface area contributed by atoms with Crippen molar-refractivity contribution < 1.29 is 14.0 Å². The summed E-state index contributed by atoms with van der Waals surface area (Å²) in [6.07, 6.45) is 1.97. The zero-order valence-electron chi connectivity index (χ0n) is 11.5. The molecule has 2 aliphatic heterocycles. The summed E-state index contributed by atoms with van der Waals surface area (Å²) in [5, 5.41) is 2.83. The van der Waals surface area contributed by atoms with Gasteiger partial charge in [-0.3, -0.25) is 9.59 Å². The average Bonchev–Trinajstić information content (AvgIpc) is 2.82. The number of benzene rings is 1. The molecule has 2 aliphatic rings. The van der Waals surface area contributed by atoms with Crippen molar-refractivity contribution in [1.82, 2.24) is 10.2 Å². The van der Waals surface area contributed by atoms with Gasteiger partial charge in [0.1, 0.15) is 11.9 Å². The molecule has 3 rings (SSSR count). The van der Waals surface area contributed by atoms with Gasteiger partial charge in [0.05, 0.1) is 0 Å². The van der Waals surface area contributed by atoms with Gasteiger partial charge < -0.3 is 10.2 Å². The molecule has 2 unspecified atom stereocenters. The third-order valence-corrected chi connectivity index (χ3v) is 5.07. The van der Waals surface area contributed by atoms with Gasteiger partial charge in [0.25, 0.3) is 0 Å². The number of piperazine rings is 1. The number of nitrogens with zero attached hydrogens (tertiary/aromatic N) is 1. The zero-order chi connectivity index (χ0) is 14.8. The number of amides is 2. The number of hydrogen-bond acceptors (Lipinski definition) is 3. The van der Waals surface area contributed by atoms with Crippen molar-refractivity contribution >= 4 is 23.6 Å². The molecule has 112 valence electrons. The van der Waals surface area contributed by atoms with Crippen LogP contribution in [0.15, 0.2) is 29.2 Å². The summed E-state index contributed by atoms with van der Waals surface area (Å²) in [6, 6.07) is 6.40. The number of thioether (sulfide) groups is 1. The van der Waals surface area contributed by atoms with Crippen molar-refractivity contribution in [3.8, 4) is 0 Å². The minimum Gasteiger partial charge on any atom is -0.352 e. The standard InChI is InChI=1S/C15H17FN2O2S/c16-11-3-1-2-4-13(11)21-8-7-14(19)18-10-5-6-12(18)15(20)17-9-10/h1-4,10,12H,5-9H2,(H,17,20). The first kappa shape index (κ1) is 14.4. The van der Waals surface area contributed by atoms with Crippen molar-refractivity contribution in [1.29, 1.82) is 0 Å². The van der Waals surface area contributed by atoms with Gasteiger partial charge in [-0.05, 0) is 25.0 Å². The van der Waals surface area contributed by atoms with Crippen LogP contribution in [0.4, 0.5) is 4.39 Å². The lowest BCUT2D eigenvalue weighted by Crippen LogP contribution is -2.57. The number of carbonyl (C=O) groups excluding carboxylic acids is 2. The SMILES string of the molecule is O=C1NCC2CCC1N2C(=O)CCSc1ccccc1F. The molecular weight excluding hydrogens is 291 g/mol. The van der Waals surface area contributed by atoms with E-state index in [1.165, 1.54) is 17.8 Å². The summed E-state index contributed by atoms with van der Waals surface area (Å²) >= 11 is 1.34. The molecule has 0 spiro atoms. The molecule has 6 heteroatoms. The molecule has 4 nitrogen and oxygen atoms in total. The molecule has 0 aromatic heterocycles. The Morgan fingerprint density at radius 3 is 3.00 bits per heavy atom. The molecule has 21 heavy (non-hydrogen) atoms. The second-order valence-corrected chi connectivity index (χ2v) is 6.46. The summed E-state index contributed by atoms with van der Waals surface area (Å²) in [5.41, 5.74) is 0. The topological polar surface area (TPSA) is 49.4 Å². The van der Waals surface area contributed by atoms with Crippen molar-refractivity contribution in [3.63, 3.8) is 0 Å². The van der Waals surface area contributed by atoms with E-state index in [0.717, 1.165) is 12.8 Å². The molecule has 2 fully saturated rings. The molecular formula is C15H17FN2O2S. The molecule has 1 aromatic rings. The van der Waals surface area contributed by atoms with E-state index < -0.39 is 0 Å². The van der Waals surface area contributed by atoms with Gasteiger partial charge in [-0.15, -0.1) is 11.8 Å². The fourth-order valence-corrected chi connectivity index (χ4v) is 3.87. The Kier molecular flexibility index (Phi) is 4.14. The van der Waals surface area contributed by atoms with Crippen molar-refractivity contribution in [2.24, 2.45) is 0 Å². The monoisotopic (exact) mass is 308 g/mol. The predicted molar refractivity (Wildman–Crippen MR) is 78.4 cm³/mol. The Bertz CT molecular complexity index is 566. The first-order chi connectivity index (χ1) is 10.2. The van der Waals surface area contributed by atoms with Gasteiger partial charge in [0.2, 0.25) is 11.8 Å². The van der Waals surface area contributed by atoms with Crippen LogP contribution in [0.1, 0.15) is 19.3 Å². The second kappa shape index (κ2) is 6.05. The maximum atomic E-state index is 13.5. The molecule has 2 atom stereocenters. The Labute approximate surface area is 127 Å². The first-order valence-electron chi connectivity index (χ1n) is 7.13. The van der Waals surface area contributed by atoms with E-state index in [9.17, 15) is 14.0 Å². The number of halogens is 1. The van der Waals surface area contributed by atoms with Gasteiger partial charge in [-0.2, -0.15) is 0 Å². The lowest BCUT2D eigenvalue weighted by molar-refractivity contribution is -0.142. The molecule has 1 aromatic carbocycles. The van der Waals surface area contributed by atoms with E-state index >= 15 is 0 Å². The van der Waals surface area contributed by atoms with E-state index in [4.69, 9.17) is 0 Å². The van der Waals surface area contributed by atoms with Gasteiger partial charge in [0.15, 0.2) is 0 Å². The van der Waals surface area contributed by atoms with E-state index in [1.54, 1.807) is 23.1 Å². The zero-order valence-corrected chi connectivity index (χ0v) is 12.4. The van der Waals surface area contributed by atoms with Crippen molar-refractivity contribution in [3.05, 3.63) is 30.1 Å². The Morgan fingerprint density at radius 1 is 1.38 bits per heavy atom. The van der Waals surface area contributed by atoms with Gasteiger partial charge >= 0.3 is 0 Å². The summed E-state index contributed by atoms with van der Waals surface area (Å²) in [5.74, 6) is 0.226. The molecule has 2 amide bonds. The van der Waals surface area contributed by atoms with E-state index in [2.05, 4.69) is 5.32 Å². The summed E-state index contributed by atoms with van der Waals surface area (Å²) in [6.45, 7) is 0.557. The molecule has 0 aliphatic carbocycles. The Balaban J connectivity index is 1.55. The Hall–Kier alpha value is -1.56. The van der Waals surface area contributed by atoms with E-state index in [-0.39, 0.29) is 29.7 Å². The van der Waals surface area contributed by atoms with Gasteiger partial charge in [-0.1, -0.05) is 12.1 Å². The Morgan fingerprint density at radius 2 is 2.19 bits per heavy atom. The average molecular weight is 308 g/mol. The molecule has 0 radical (unpaired) electrons. The normalized spacial score (nSPS) is 24.0. The minimum atomic E-state index is -0.297. The largest absolute Gasteiger partial charge is 0.352 e. The van der Waals surface area contributed by atoms with E-state index in [1.807, 2.05) is 0 Å². The molecule has 1 N–H and O–H groups in total. The maximum absolute atomic E-state index is 13.5. The predicted octanol–water partition coefficient (Wildman–Crippen LogP) is 1.80. The summed E-state index contributed by atoms with van der Waals surface area (Å²) < 4.78 is 13.5. The quantitative estimate of drug-likeness (QED) is 0.863.